The number of benzene rings is 1. The number of alkyl halides is 1. The van der Waals surface area contributed by atoms with E-state index in [9.17, 15) is 4.39 Å². The van der Waals surface area contributed by atoms with Crippen LogP contribution in [0, 0.1) is 5.82 Å². The van der Waals surface area contributed by atoms with Gasteiger partial charge in [-0.3, -0.25) is 0 Å². The Labute approximate surface area is 100 Å². The second-order valence-electron chi connectivity index (χ2n) is 3.48. The molecule has 0 fully saturated rings. The second-order valence-corrected chi connectivity index (χ2v) is 3.74. The Kier molecular flexibility index (Phi) is 6.19. The van der Waals surface area contributed by atoms with Crippen LogP contribution in [0.4, 0.5) is 4.39 Å². The van der Waals surface area contributed by atoms with Crippen LogP contribution in [0.3, 0.4) is 0 Å². The van der Waals surface area contributed by atoms with Gasteiger partial charge in [-0.05, 0) is 30.5 Å². The summed E-state index contributed by atoms with van der Waals surface area (Å²) in [6.07, 6.45) is 1.83. The zero-order chi connectivity index (χ0) is 11.8. The highest BCUT2D eigenvalue weighted by Gasteiger charge is 2.01. The number of halogens is 2. The quantitative estimate of drug-likeness (QED) is 0.543. The number of rotatable bonds is 7. The lowest BCUT2D eigenvalue weighted by molar-refractivity contribution is 0.184. The number of ether oxygens (including phenoxy) is 2. The van der Waals surface area contributed by atoms with Gasteiger partial charge in [0.2, 0.25) is 0 Å². The van der Waals surface area contributed by atoms with Crippen molar-refractivity contribution in [3.8, 4) is 5.75 Å². The van der Waals surface area contributed by atoms with E-state index >= 15 is 0 Å². The highest BCUT2D eigenvalue weighted by atomic mass is 35.5. The van der Waals surface area contributed by atoms with Crippen molar-refractivity contribution in [3.63, 3.8) is 0 Å². The number of hydrogen-bond acceptors (Lipinski definition) is 2. The van der Waals surface area contributed by atoms with Crippen molar-refractivity contribution >= 4 is 11.6 Å². The lowest BCUT2D eigenvalue weighted by Gasteiger charge is -2.07. The topological polar surface area (TPSA) is 18.5 Å². The first-order valence-electron chi connectivity index (χ1n) is 5.23. The Balaban J connectivity index is 2.38. The van der Waals surface area contributed by atoms with Gasteiger partial charge in [0.15, 0.2) is 0 Å². The zero-order valence-electron chi connectivity index (χ0n) is 9.34. The average Bonchev–Trinajstić information content (AvgIpc) is 2.28. The standard InChI is InChI=1S/C12H16ClFO2/c1-15-4-2-3-5-16-12-7-10(9-13)6-11(14)8-12/h6-8H,2-5,9H2,1H3. The summed E-state index contributed by atoms with van der Waals surface area (Å²) in [5, 5.41) is 0. The van der Waals surface area contributed by atoms with Gasteiger partial charge in [0, 0.05) is 25.7 Å². The lowest BCUT2D eigenvalue weighted by atomic mass is 10.2. The highest BCUT2D eigenvalue weighted by Crippen LogP contribution is 2.18. The van der Waals surface area contributed by atoms with Crippen LogP contribution in [0.25, 0.3) is 0 Å². The van der Waals surface area contributed by atoms with Gasteiger partial charge in [-0.25, -0.2) is 4.39 Å². The minimum absolute atomic E-state index is 0.289. The van der Waals surface area contributed by atoms with Crippen LogP contribution in [0.2, 0.25) is 0 Å². The molecule has 1 aromatic carbocycles. The molecular formula is C12H16ClFO2. The summed E-state index contributed by atoms with van der Waals surface area (Å²) in [6.45, 7) is 1.29. The van der Waals surface area contributed by atoms with Crippen molar-refractivity contribution in [3.05, 3.63) is 29.6 Å². The van der Waals surface area contributed by atoms with Gasteiger partial charge in [0.05, 0.1) is 6.61 Å². The fraction of sp³-hybridized carbons (Fsp3) is 0.500. The van der Waals surface area contributed by atoms with Crippen molar-refractivity contribution < 1.29 is 13.9 Å². The molecule has 0 aliphatic carbocycles. The zero-order valence-corrected chi connectivity index (χ0v) is 10.1. The van der Waals surface area contributed by atoms with Crippen LogP contribution in [0.1, 0.15) is 18.4 Å². The summed E-state index contributed by atoms with van der Waals surface area (Å²) in [6, 6.07) is 4.53. The first-order chi connectivity index (χ1) is 7.76. The molecule has 0 atom stereocenters. The molecular weight excluding hydrogens is 231 g/mol. The maximum Gasteiger partial charge on any atom is 0.127 e. The van der Waals surface area contributed by atoms with E-state index in [1.807, 2.05) is 0 Å². The Morgan fingerprint density at radius 2 is 1.94 bits per heavy atom. The number of methoxy groups -OCH3 is 1. The third-order valence-corrected chi connectivity index (χ3v) is 2.41. The SMILES string of the molecule is COCCCCOc1cc(F)cc(CCl)c1. The van der Waals surface area contributed by atoms with Crippen LogP contribution in [0.5, 0.6) is 5.75 Å². The molecule has 0 radical (unpaired) electrons. The van der Waals surface area contributed by atoms with E-state index in [1.54, 1.807) is 13.2 Å². The molecule has 2 nitrogen and oxygen atoms in total. The molecule has 0 N–H and O–H groups in total. The van der Waals surface area contributed by atoms with E-state index in [2.05, 4.69) is 0 Å². The van der Waals surface area contributed by atoms with Crippen molar-refractivity contribution in [2.24, 2.45) is 0 Å². The lowest BCUT2D eigenvalue weighted by Crippen LogP contribution is -2.00. The number of unbranched alkanes of at least 4 members (excludes halogenated alkanes) is 1. The highest BCUT2D eigenvalue weighted by molar-refractivity contribution is 6.17. The molecule has 0 bridgehead atoms. The summed E-state index contributed by atoms with van der Waals surface area (Å²) in [5.41, 5.74) is 0.730. The van der Waals surface area contributed by atoms with E-state index in [-0.39, 0.29) is 11.7 Å². The fourth-order valence-electron chi connectivity index (χ4n) is 1.32. The third kappa shape index (κ3) is 4.81. The predicted molar refractivity (Wildman–Crippen MR) is 62.6 cm³/mol. The van der Waals surface area contributed by atoms with E-state index < -0.39 is 0 Å². The number of hydrogen-bond donors (Lipinski definition) is 0. The molecule has 0 aliphatic rings. The molecule has 4 heteroatoms. The van der Waals surface area contributed by atoms with Gasteiger partial charge >= 0.3 is 0 Å². The monoisotopic (exact) mass is 246 g/mol. The molecule has 0 spiro atoms. The van der Waals surface area contributed by atoms with E-state index in [4.69, 9.17) is 21.1 Å². The van der Waals surface area contributed by atoms with Crippen LogP contribution >= 0.6 is 11.6 Å². The maximum atomic E-state index is 13.1. The fourth-order valence-corrected chi connectivity index (χ4v) is 1.47. The molecule has 0 aromatic heterocycles. The van der Waals surface area contributed by atoms with Gasteiger partial charge in [-0.15, -0.1) is 11.6 Å². The van der Waals surface area contributed by atoms with Gasteiger partial charge in [-0.1, -0.05) is 0 Å². The summed E-state index contributed by atoms with van der Waals surface area (Å²) in [4.78, 5) is 0. The molecule has 0 saturated carbocycles. The van der Waals surface area contributed by atoms with Crippen molar-refractivity contribution in [2.75, 3.05) is 20.3 Å². The first-order valence-corrected chi connectivity index (χ1v) is 5.77. The summed E-state index contributed by atoms with van der Waals surface area (Å²) in [7, 11) is 1.67. The molecule has 0 amide bonds. The Bertz CT molecular complexity index is 318. The molecule has 1 aromatic rings. The van der Waals surface area contributed by atoms with Crippen molar-refractivity contribution in [1.29, 1.82) is 0 Å². The van der Waals surface area contributed by atoms with Crippen LogP contribution < -0.4 is 4.74 Å². The second kappa shape index (κ2) is 7.47. The molecule has 0 heterocycles. The van der Waals surface area contributed by atoms with Crippen LogP contribution in [-0.2, 0) is 10.6 Å². The summed E-state index contributed by atoms with van der Waals surface area (Å²) < 4.78 is 23.4. The molecule has 0 aliphatic heterocycles. The summed E-state index contributed by atoms with van der Waals surface area (Å²) in [5.74, 6) is 0.510. The molecule has 16 heavy (non-hydrogen) atoms. The largest absolute Gasteiger partial charge is 0.493 e. The Hall–Kier alpha value is -0.800. The predicted octanol–water partition coefficient (Wildman–Crippen LogP) is 3.37. The normalized spacial score (nSPS) is 10.4. The van der Waals surface area contributed by atoms with Crippen LogP contribution in [-0.4, -0.2) is 20.3 Å². The Morgan fingerprint density at radius 1 is 1.19 bits per heavy atom. The van der Waals surface area contributed by atoms with E-state index in [1.165, 1.54) is 12.1 Å². The third-order valence-electron chi connectivity index (χ3n) is 2.10. The van der Waals surface area contributed by atoms with Gasteiger partial charge in [-0.2, -0.15) is 0 Å². The maximum absolute atomic E-state index is 13.1. The Morgan fingerprint density at radius 3 is 2.62 bits per heavy atom. The summed E-state index contributed by atoms with van der Waals surface area (Å²) >= 11 is 5.63. The van der Waals surface area contributed by atoms with E-state index in [0.29, 0.717) is 12.4 Å². The minimum atomic E-state index is -0.315. The smallest absolute Gasteiger partial charge is 0.127 e. The van der Waals surface area contributed by atoms with Crippen LogP contribution in [0.15, 0.2) is 18.2 Å². The van der Waals surface area contributed by atoms with Gasteiger partial charge < -0.3 is 9.47 Å². The molecule has 0 unspecified atom stereocenters. The minimum Gasteiger partial charge on any atom is -0.493 e. The van der Waals surface area contributed by atoms with Gasteiger partial charge in [0.25, 0.3) is 0 Å². The van der Waals surface area contributed by atoms with Crippen molar-refractivity contribution in [2.45, 2.75) is 18.7 Å². The molecule has 90 valence electrons. The van der Waals surface area contributed by atoms with Crippen molar-refractivity contribution in [1.82, 2.24) is 0 Å². The average molecular weight is 247 g/mol. The molecule has 1 rings (SSSR count). The van der Waals surface area contributed by atoms with Gasteiger partial charge in [0.1, 0.15) is 11.6 Å². The molecule has 0 saturated heterocycles. The van der Waals surface area contributed by atoms with E-state index in [0.717, 1.165) is 25.0 Å². The first kappa shape index (κ1) is 13.3.